The fraction of sp³-hybridized carbons (Fsp3) is 0.0667. The number of hydrogen-bond acceptors (Lipinski definition) is 4. The molecule has 0 saturated heterocycles. The number of ether oxygens (including phenoxy) is 1. The number of aromatic nitrogens is 2. The van der Waals surface area contributed by atoms with Gasteiger partial charge in [-0.2, -0.15) is 4.98 Å². The van der Waals surface area contributed by atoms with Crippen molar-refractivity contribution in [3.63, 3.8) is 0 Å². The average molecular weight is 384 g/mol. The van der Waals surface area contributed by atoms with Crippen LogP contribution in [0.4, 0.5) is 4.39 Å². The molecule has 3 aromatic rings. The number of nitrogens with zero attached hydrogens (tertiary/aromatic N) is 2. The Morgan fingerprint density at radius 1 is 1.23 bits per heavy atom. The zero-order valence-electron chi connectivity index (χ0n) is 11.1. The molecule has 0 amide bonds. The Labute approximate surface area is 139 Å². The Morgan fingerprint density at radius 3 is 2.82 bits per heavy atom. The molecule has 0 N–H and O–H groups in total. The molecule has 4 nitrogen and oxygen atoms in total. The molecule has 0 aliphatic rings. The van der Waals surface area contributed by atoms with E-state index in [0.717, 1.165) is 0 Å². The zero-order valence-corrected chi connectivity index (χ0v) is 13.4. The smallest absolute Gasteiger partial charge is 0.259 e. The Bertz CT molecular complexity index is 810. The average Bonchev–Trinajstić information content (AvgIpc) is 2.95. The summed E-state index contributed by atoms with van der Waals surface area (Å²) in [6, 6.07) is 11.3. The van der Waals surface area contributed by atoms with Gasteiger partial charge in [0.25, 0.3) is 5.89 Å². The van der Waals surface area contributed by atoms with Crippen molar-refractivity contribution in [2.45, 2.75) is 6.61 Å². The summed E-state index contributed by atoms with van der Waals surface area (Å²) >= 11 is 9.30. The van der Waals surface area contributed by atoms with Crippen LogP contribution in [0.1, 0.15) is 5.82 Å². The largest absolute Gasteiger partial charge is 0.484 e. The first-order chi connectivity index (χ1) is 10.6. The molecular weight excluding hydrogens is 375 g/mol. The lowest BCUT2D eigenvalue weighted by Crippen LogP contribution is -1.98. The molecule has 2 aromatic carbocycles. The third-order valence-corrected chi connectivity index (χ3v) is 3.77. The summed E-state index contributed by atoms with van der Waals surface area (Å²) in [6.45, 7) is 0.0954. The third kappa shape index (κ3) is 3.28. The van der Waals surface area contributed by atoms with Crippen molar-refractivity contribution in [2.75, 3.05) is 0 Å². The van der Waals surface area contributed by atoms with Crippen molar-refractivity contribution >= 4 is 27.5 Å². The van der Waals surface area contributed by atoms with Gasteiger partial charge >= 0.3 is 0 Å². The van der Waals surface area contributed by atoms with Crippen LogP contribution in [0.3, 0.4) is 0 Å². The summed E-state index contributed by atoms with van der Waals surface area (Å²) < 4.78 is 24.2. The van der Waals surface area contributed by atoms with Gasteiger partial charge in [-0.3, -0.25) is 0 Å². The van der Waals surface area contributed by atoms with E-state index in [1.165, 1.54) is 18.2 Å². The maximum absolute atomic E-state index is 13.0. The highest BCUT2D eigenvalue weighted by molar-refractivity contribution is 9.10. The molecule has 0 atom stereocenters. The Hall–Kier alpha value is -1.92. The molecular formula is C15H9BrClFN2O2. The van der Waals surface area contributed by atoms with Crippen LogP contribution < -0.4 is 4.74 Å². The summed E-state index contributed by atoms with van der Waals surface area (Å²) in [5.74, 6) is 0.832. The van der Waals surface area contributed by atoms with E-state index >= 15 is 0 Å². The minimum Gasteiger partial charge on any atom is -0.484 e. The Morgan fingerprint density at radius 2 is 2.05 bits per heavy atom. The summed E-state index contributed by atoms with van der Waals surface area (Å²) in [7, 11) is 0. The lowest BCUT2D eigenvalue weighted by atomic mass is 10.2. The molecule has 0 saturated carbocycles. The number of rotatable bonds is 4. The van der Waals surface area contributed by atoms with Gasteiger partial charge in [0.05, 0.1) is 15.1 Å². The first-order valence-electron chi connectivity index (χ1n) is 6.29. The molecule has 0 radical (unpaired) electrons. The normalized spacial score (nSPS) is 10.7. The minimum atomic E-state index is -0.347. The van der Waals surface area contributed by atoms with Crippen LogP contribution in [0.25, 0.3) is 11.5 Å². The molecule has 22 heavy (non-hydrogen) atoms. The van der Waals surface area contributed by atoms with Crippen molar-refractivity contribution in [1.29, 1.82) is 0 Å². The van der Waals surface area contributed by atoms with E-state index in [0.29, 0.717) is 32.5 Å². The van der Waals surface area contributed by atoms with E-state index in [-0.39, 0.29) is 12.4 Å². The maximum Gasteiger partial charge on any atom is 0.259 e. The van der Waals surface area contributed by atoms with Crippen LogP contribution in [0.15, 0.2) is 51.5 Å². The van der Waals surface area contributed by atoms with Gasteiger partial charge in [0, 0.05) is 0 Å². The highest BCUT2D eigenvalue weighted by atomic mass is 79.9. The van der Waals surface area contributed by atoms with Crippen LogP contribution in [0.2, 0.25) is 5.02 Å². The molecule has 0 bridgehead atoms. The second-order valence-electron chi connectivity index (χ2n) is 4.36. The van der Waals surface area contributed by atoms with Gasteiger partial charge in [0.2, 0.25) is 5.82 Å². The van der Waals surface area contributed by atoms with Gasteiger partial charge < -0.3 is 9.26 Å². The second kappa shape index (κ2) is 6.46. The lowest BCUT2D eigenvalue weighted by molar-refractivity contribution is 0.285. The summed E-state index contributed by atoms with van der Waals surface area (Å²) in [4.78, 5) is 4.23. The number of hydrogen-bond donors (Lipinski definition) is 0. The zero-order chi connectivity index (χ0) is 15.5. The van der Waals surface area contributed by atoms with Crippen molar-refractivity contribution in [1.82, 2.24) is 10.1 Å². The molecule has 0 aliphatic heterocycles. The predicted octanol–water partition coefficient (Wildman–Crippen LogP) is 4.87. The Kier molecular flexibility index (Phi) is 4.40. The van der Waals surface area contributed by atoms with Gasteiger partial charge in [-0.25, -0.2) is 4.39 Å². The van der Waals surface area contributed by atoms with Crippen molar-refractivity contribution in [3.8, 4) is 17.2 Å². The van der Waals surface area contributed by atoms with Crippen LogP contribution in [-0.4, -0.2) is 10.1 Å². The molecule has 1 aromatic heterocycles. The highest BCUT2D eigenvalue weighted by Gasteiger charge is 2.12. The van der Waals surface area contributed by atoms with Crippen molar-refractivity contribution in [3.05, 3.63) is 63.6 Å². The molecule has 0 fully saturated rings. The molecule has 7 heteroatoms. The van der Waals surface area contributed by atoms with Crippen LogP contribution >= 0.6 is 27.5 Å². The van der Waals surface area contributed by atoms with Crippen LogP contribution in [-0.2, 0) is 6.61 Å². The SMILES string of the molecule is Fc1ccc(OCc2noc(-c3ccccc3Cl)n2)c(Br)c1. The van der Waals surface area contributed by atoms with E-state index in [1.54, 1.807) is 12.1 Å². The van der Waals surface area contributed by atoms with E-state index in [4.69, 9.17) is 20.9 Å². The first kappa shape index (κ1) is 15.0. The summed E-state index contributed by atoms with van der Waals surface area (Å²) in [5, 5.41) is 4.36. The number of halogens is 3. The van der Waals surface area contributed by atoms with Crippen molar-refractivity contribution < 1.29 is 13.7 Å². The van der Waals surface area contributed by atoms with Gasteiger partial charge in [0.1, 0.15) is 11.6 Å². The molecule has 0 spiro atoms. The van der Waals surface area contributed by atoms with Gasteiger partial charge in [-0.15, -0.1) is 0 Å². The summed E-state index contributed by atoms with van der Waals surface area (Å²) in [5.41, 5.74) is 0.658. The predicted molar refractivity (Wildman–Crippen MR) is 83.2 cm³/mol. The topological polar surface area (TPSA) is 48.2 Å². The van der Waals surface area contributed by atoms with Gasteiger partial charge in [-0.1, -0.05) is 28.9 Å². The maximum atomic E-state index is 13.0. The molecule has 0 aliphatic carbocycles. The monoisotopic (exact) mass is 382 g/mol. The van der Waals surface area contributed by atoms with Crippen molar-refractivity contribution in [2.24, 2.45) is 0 Å². The highest BCUT2D eigenvalue weighted by Crippen LogP contribution is 2.28. The van der Waals surface area contributed by atoms with Crippen LogP contribution in [0, 0.1) is 5.82 Å². The molecule has 1 heterocycles. The quantitative estimate of drug-likeness (QED) is 0.645. The molecule has 0 unspecified atom stereocenters. The minimum absolute atomic E-state index is 0.0954. The van der Waals surface area contributed by atoms with Gasteiger partial charge in [0.15, 0.2) is 6.61 Å². The van der Waals surface area contributed by atoms with E-state index in [2.05, 4.69) is 26.1 Å². The molecule has 112 valence electrons. The fourth-order valence-corrected chi connectivity index (χ4v) is 2.47. The first-order valence-corrected chi connectivity index (χ1v) is 7.46. The lowest BCUT2D eigenvalue weighted by Gasteiger charge is -2.05. The third-order valence-electron chi connectivity index (χ3n) is 2.82. The summed E-state index contributed by atoms with van der Waals surface area (Å²) in [6.07, 6.45) is 0. The van der Waals surface area contributed by atoms with E-state index in [9.17, 15) is 4.39 Å². The van der Waals surface area contributed by atoms with Gasteiger partial charge in [-0.05, 0) is 46.3 Å². The van der Waals surface area contributed by atoms with E-state index < -0.39 is 0 Å². The van der Waals surface area contributed by atoms with E-state index in [1.807, 2.05) is 12.1 Å². The molecule has 3 rings (SSSR count). The standard InChI is InChI=1S/C15H9BrClFN2O2/c16-11-7-9(18)5-6-13(11)21-8-14-19-15(22-20-14)10-3-1-2-4-12(10)17/h1-7H,8H2. The Balaban J connectivity index is 1.74. The second-order valence-corrected chi connectivity index (χ2v) is 5.62. The fourth-order valence-electron chi connectivity index (χ4n) is 1.79. The number of benzene rings is 2. The van der Waals surface area contributed by atoms with Crippen LogP contribution in [0.5, 0.6) is 5.75 Å².